The number of hydrogen-bond donors (Lipinski definition) is 1. The van der Waals surface area contributed by atoms with Gasteiger partial charge >= 0.3 is 0 Å². The number of rotatable bonds is 6. The molecular formula is C20H25N3O. The molecule has 1 fully saturated rings. The van der Waals surface area contributed by atoms with Crippen LogP contribution in [0.25, 0.3) is 0 Å². The number of carbonyl (C=O) groups excluding carboxylic acids is 1. The van der Waals surface area contributed by atoms with Crippen LogP contribution in [0.2, 0.25) is 0 Å². The minimum atomic E-state index is 0.107. The molecule has 0 spiro atoms. The van der Waals surface area contributed by atoms with E-state index in [-0.39, 0.29) is 5.91 Å². The first-order valence-electron chi connectivity index (χ1n) is 8.59. The van der Waals surface area contributed by atoms with Gasteiger partial charge in [-0.1, -0.05) is 60.7 Å². The molecule has 0 aromatic heterocycles. The van der Waals surface area contributed by atoms with Gasteiger partial charge in [-0.3, -0.25) is 14.6 Å². The highest BCUT2D eigenvalue weighted by molar-refractivity contribution is 5.78. The van der Waals surface area contributed by atoms with E-state index in [4.69, 9.17) is 0 Å². The minimum absolute atomic E-state index is 0.107. The van der Waals surface area contributed by atoms with Gasteiger partial charge in [0, 0.05) is 39.3 Å². The number of benzene rings is 2. The number of piperazine rings is 1. The third-order valence-electron chi connectivity index (χ3n) is 4.41. The molecule has 1 aliphatic rings. The highest BCUT2D eigenvalue weighted by Gasteiger charge is 2.18. The Kier molecular flexibility index (Phi) is 5.99. The lowest BCUT2D eigenvalue weighted by Crippen LogP contribution is -2.49. The molecule has 1 amide bonds. The molecule has 0 radical (unpaired) electrons. The summed E-state index contributed by atoms with van der Waals surface area (Å²) in [5.41, 5.74) is 2.49. The molecule has 0 bridgehead atoms. The van der Waals surface area contributed by atoms with Crippen molar-refractivity contribution < 1.29 is 4.79 Å². The van der Waals surface area contributed by atoms with E-state index in [1.54, 1.807) is 0 Å². The van der Waals surface area contributed by atoms with Crippen molar-refractivity contribution in [2.24, 2.45) is 0 Å². The van der Waals surface area contributed by atoms with Crippen molar-refractivity contribution in [3.63, 3.8) is 0 Å². The summed E-state index contributed by atoms with van der Waals surface area (Å²) in [5, 5.41) is 3.00. The van der Waals surface area contributed by atoms with Gasteiger partial charge in [0.25, 0.3) is 0 Å². The van der Waals surface area contributed by atoms with Gasteiger partial charge in [-0.2, -0.15) is 0 Å². The maximum atomic E-state index is 12.1. The number of amides is 1. The van der Waals surface area contributed by atoms with Gasteiger partial charge in [0.1, 0.15) is 0 Å². The third-order valence-corrected chi connectivity index (χ3v) is 4.41. The van der Waals surface area contributed by atoms with Gasteiger partial charge < -0.3 is 5.32 Å². The Balaban J connectivity index is 1.36. The Labute approximate surface area is 144 Å². The van der Waals surface area contributed by atoms with Crippen LogP contribution in [0.5, 0.6) is 0 Å². The van der Waals surface area contributed by atoms with E-state index in [9.17, 15) is 4.79 Å². The van der Waals surface area contributed by atoms with Crippen molar-refractivity contribution in [3.8, 4) is 0 Å². The van der Waals surface area contributed by atoms with Crippen molar-refractivity contribution in [1.82, 2.24) is 15.1 Å². The largest absolute Gasteiger partial charge is 0.351 e. The van der Waals surface area contributed by atoms with E-state index in [1.165, 1.54) is 5.56 Å². The van der Waals surface area contributed by atoms with E-state index in [0.717, 1.165) is 38.3 Å². The molecule has 0 unspecified atom stereocenters. The van der Waals surface area contributed by atoms with Crippen molar-refractivity contribution in [1.29, 1.82) is 0 Å². The molecule has 1 saturated heterocycles. The smallest absolute Gasteiger partial charge is 0.234 e. The molecular weight excluding hydrogens is 298 g/mol. The molecule has 0 saturated carbocycles. The molecule has 1 aliphatic heterocycles. The zero-order valence-corrected chi connectivity index (χ0v) is 14.0. The molecule has 4 nitrogen and oxygen atoms in total. The lowest BCUT2D eigenvalue weighted by atomic mass is 10.2. The fourth-order valence-corrected chi connectivity index (χ4v) is 3.00. The second-order valence-electron chi connectivity index (χ2n) is 6.30. The first-order valence-corrected chi connectivity index (χ1v) is 8.59. The van der Waals surface area contributed by atoms with Gasteiger partial charge in [0.15, 0.2) is 0 Å². The predicted molar refractivity (Wildman–Crippen MR) is 96.4 cm³/mol. The zero-order valence-electron chi connectivity index (χ0n) is 14.0. The number of nitrogens with zero attached hydrogens (tertiary/aromatic N) is 2. The van der Waals surface area contributed by atoms with E-state index in [0.29, 0.717) is 13.1 Å². The highest BCUT2D eigenvalue weighted by Crippen LogP contribution is 2.08. The maximum Gasteiger partial charge on any atom is 0.234 e. The Morgan fingerprint density at radius 1 is 0.792 bits per heavy atom. The molecule has 1 heterocycles. The molecule has 2 aromatic rings. The van der Waals surface area contributed by atoms with Crippen LogP contribution in [0.4, 0.5) is 0 Å². The highest BCUT2D eigenvalue weighted by atomic mass is 16.2. The summed E-state index contributed by atoms with van der Waals surface area (Å²) in [6.45, 7) is 6.02. The van der Waals surface area contributed by atoms with Crippen molar-refractivity contribution in [2.45, 2.75) is 13.1 Å². The lowest BCUT2D eigenvalue weighted by molar-refractivity contribution is -0.122. The normalized spacial score (nSPS) is 16.0. The van der Waals surface area contributed by atoms with E-state index < -0.39 is 0 Å². The van der Waals surface area contributed by atoms with Gasteiger partial charge in [-0.15, -0.1) is 0 Å². The zero-order chi connectivity index (χ0) is 16.6. The average Bonchev–Trinajstić information content (AvgIpc) is 2.63. The number of hydrogen-bond acceptors (Lipinski definition) is 3. The quantitative estimate of drug-likeness (QED) is 0.884. The fourth-order valence-electron chi connectivity index (χ4n) is 3.00. The molecule has 126 valence electrons. The maximum absolute atomic E-state index is 12.1. The van der Waals surface area contributed by atoms with Crippen LogP contribution in [0.3, 0.4) is 0 Å². The van der Waals surface area contributed by atoms with Gasteiger partial charge in [0.05, 0.1) is 6.54 Å². The Morgan fingerprint density at radius 2 is 1.33 bits per heavy atom. The summed E-state index contributed by atoms with van der Waals surface area (Å²) in [4.78, 5) is 16.8. The number of nitrogens with one attached hydrogen (secondary N) is 1. The van der Waals surface area contributed by atoms with Crippen LogP contribution in [0.1, 0.15) is 11.1 Å². The first kappa shape index (κ1) is 16.7. The van der Waals surface area contributed by atoms with Crippen LogP contribution in [0.15, 0.2) is 60.7 Å². The van der Waals surface area contributed by atoms with Gasteiger partial charge in [0.2, 0.25) is 5.91 Å². The molecule has 3 rings (SSSR count). The average molecular weight is 323 g/mol. The topological polar surface area (TPSA) is 35.6 Å². The summed E-state index contributed by atoms with van der Waals surface area (Å²) in [7, 11) is 0. The summed E-state index contributed by atoms with van der Waals surface area (Å²) in [6, 6.07) is 20.6. The Morgan fingerprint density at radius 3 is 1.96 bits per heavy atom. The van der Waals surface area contributed by atoms with Gasteiger partial charge in [-0.25, -0.2) is 0 Å². The molecule has 0 aliphatic carbocycles. The molecule has 4 heteroatoms. The van der Waals surface area contributed by atoms with Crippen LogP contribution in [0, 0.1) is 0 Å². The van der Waals surface area contributed by atoms with Crippen LogP contribution < -0.4 is 5.32 Å². The summed E-state index contributed by atoms with van der Waals surface area (Å²) in [6.07, 6.45) is 0. The van der Waals surface area contributed by atoms with Crippen molar-refractivity contribution in [2.75, 3.05) is 32.7 Å². The Hall–Kier alpha value is -2.17. The third kappa shape index (κ3) is 5.18. The first-order chi connectivity index (χ1) is 11.8. The van der Waals surface area contributed by atoms with E-state index in [2.05, 4.69) is 45.4 Å². The monoisotopic (exact) mass is 323 g/mol. The second-order valence-corrected chi connectivity index (χ2v) is 6.30. The van der Waals surface area contributed by atoms with Crippen LogP contribution >= 0.6 is 0 Å². The Bertz CT molecular complexity index is 622. The lowest BCUT2D eigenvalue weighted by Gasteiger charge is -2.34. The van der Waals surface area contributed by atoms with Crippen molar-refractivity contribution >= 4 is 5.91 Å². The standard InChI is InChI=1S/C20H25N3O/c24-20(21-15-18-7-3-1-4-8-18)17-23-13-11-22(12-14-23)16-19-9-5-2-6-10-19/h1-10H,11-17H2,(H,21,24). The predicted octanol–water partition coefficient (Wildman–Crippen LogP) is 2.12. The number of carbonyl (C=O) groups is 1. The summed E-state index contributed by atoms with van der Waals surface area (Å²) >= 11 is 0. The molecule has 0 atom stereocenters. The second kappa shape index (κ2) is 8.62. The van der Waals surface area contributed by atoms with E-state index >= 15 is 0 Å². The van der Waals surface area contributed by atoms with Gasteiger partial charge in [-0.05, 0) is 11.1 Å². The van der Waals surface area contributed by atoms with Crippen molar-refractivity contribution in [3.05, 3.63) is 71.8 Å². The molecule has 1 N–H and O–H groups in total. The van der Waals surface area contributed by atoms with E-state index in [1.807, 2.05) is 30.3 Å². The van der Waals surface area contributed by atoms with Crippen LogP contribution in [-0.4, -0.2) is 48.4 Å². The summed E-state index contributed by atoms with van der Waals surface area (Å²) in [5.74, 6) is 0.107. The van der Waals surface area contributed by atoms with Crippen LogP contribution in [-0.2, 0) is 17.9 Å². The fraction of sp³-hybridized carbons (Fsp3) is 0.350. The minimum Gasteiger partial charge on any atom is -0.351 e. The SMILES string of the molecule is O=C(CN1CCN(Cc2ccccc2)CC1)NCc1ccccc1. The molecule has 2 aromatic carbocycles. The molecule has 24 heavy (non-hydrogen) atoms. The summed E-state index contributed by atoms with van der Waals surface area (Å²) < 4.78 is 0.